The van der Waals surface area contributed by atoms with Crippen molar-refractivity contribution in [1.29, 1.82) is 0 Å². The van der Waals surface area contributed by atoms with E-state index in [1.54, 1.807) is 19.3 Å². The zero-order valence-electron chi connectivity index (χ0n) is 16.3. The van der Waals surface area contributed by atoms with E-state index in [9.17, 15) is 9.59 Å². The van der Waals surface area contributed by atoms with Crippen molar-refractivity contribution in [3.05, 3.63) is 77.8 Å². The van der Waals surface area contributed by atoms with Gasteiger partial charge in [-0.25, -0.2) is 0 Å². The minimum absolute atomic E-state index is 0.109. The summed E-state index contributed by atoms with van der Waals surface area (Å²) in [6, 6.07) is 15.3. The molecular weight excluding hydrogens is 378 g/mol. The summed E-state index contributed by atoms with van der Waals surface area (Å²) in [4.78, 5) is 30.0. The highest BCUT2D eigenvalue weighted by Gasteiger charge is 2.32. The zero-order valence-corrected chi connectivity index (χ0v) is 16.3. The van der Waals surface area contributed by atoms with Gasteiger partial charge in [-0.3, -0.25) is 19.7 Å². The topological polar surface area (TPSA) is 99.8 Å². The van der Waals surface area contributed by atoms with Crippen molar-refractivity contribution in [2.45, 2.75) is 19.3 Å². The van der Waals surface area contributed by atoms with E-state index in [1.165, 1.54) is 0 Å². The zero-order chi connectivity index (χ0) is 20.7. The van der Waals surface area contributed by atoms with Gasteiger partial charge in [-0.15, -0.1) is 0 Å². The number of nitrogens with zero attached hydrogens (tertiary/aromatic N) is 2. The lowest BCUT2D eigenvalue weighted by Gasteiger charge is -2.27. The van der Waals surface area contributed by atoms with Gasteiger partial charge in [-0.05, 0) is 42.8 Å². The van der Waals surface area contributed by atoms with Crippen molar-refractivity contribution in [3.8, 4) is 0 Å². The Kier molecular flexibility index (Phi) is 4.28. The standard InChI is InChI=1S/C23H19N5O2/c1-13-22(23(30)27-17-6-7-20-16(9-17)12-25-28-20)18(10-21(29)26-13)15-8-14-4-2-3-5-19(14)24-11-15/h2-9,11-12,18H,10H2,1H3,(H,25,28)(H,26,29)(H,27,30). The number of hydrogen-bond acceptors (Lipinski definition) is 4. The molecule has 4 aromatic rings. The fourth-order valence-corrected chi connectivity index (χ4v) is 3.99. The lowest BCUT2D eigenvalue weighted by atomic mass is 9.84. The third-order valence-corrected chi connectivity index (χ3v) is 5.43. The molecule has 0 saturated heterocycles. The third kappa shape index (κ3) is 3.20. The maximum atomic E-state index is 13.2. The third-order valence-electron chi connectivity index (χ3n) is 5.43. The summed E-state index contributed by atoms with van der Waals surface area (Å²) in [6.07, 6.45) is 3.66. The number of benzene rings is 2. The number of amides is 2. The number of carbonyl (C=O) groups excluding carboxylic acids is 2. The normalized spacial score (nSPS) is 16.7. The molecule has 2 aromatic carbocycles. The number of aromatic amines is 1. The molecule has 0 spiro atoms. The van der Waals surface area contributed by atoms with E-state index in [2.05, 4.69) is 25.8 Å². The average Bonchev–Trinajstić information content (AvgIpc) is 3.20. The summed E-state index contributed by atoms with van der Waals surface area (Å²) in [6.45, 7) is 1.76. The van der Waals surface area contributed by atoms with Crippen molar-refractivity contribution in [1.82, 2.24) is 20.5 Å². The molecule has 3 N–H and O–H groups in total. The van der Waals surface area contributed by atoms with E-state index in [4.69, 9.17) is 0 Å². The number of fused-ring (bicyclic) bond motifs is 2. The van der Waals surface area contributed by atoms with Gasteiger partial charge < -0.3 is 10.6 Å². The summed E-state index contributed by atoms with van der Waals surface area (Å²) < 4.78 is 0. The van der Waals surface area contributed by atoms with Crippen LogP contribution in [0.3, 0.4) is 0 Å². The Bertz CT molecular complexity index is 1340. The predicted molar refractivity (Wildman–Crippen MR) is 115 cm³/mol. The number of nitrogens with one attached hydrogen (secondary N) is 3. The number of hydrogen-bond donors (Lipinski definition) is 3. The first-order chi connectivity index (χ1) is 14.6. The van der Waals surface area contributed by atoms with Crippen molar-refractivity contribution < 1.29 is 9.59 Å². The molecule has 2 amide bonds. The second-order valence-corrected chi connectivity index (χ2v) is 7.43. The Balaban J connectivity index is 1.51. The summed E-state index contributed by atoms with van der Waals surface area (Å²) in [7, 11) is 0. The van der Waals surface area contributed by atoms with Crippen LogP contribution in [0.15, 0.2) is 72.2 Å². The predicted octanol–water partition coefficient (Wildman–Crippen LogP) is 3.63. The number of H-pyrrole nitrogens is 1. The van der Waals surface area contributed by atoms with Gasteiger partial charge in [0.05, 0.1) is 17.2 Å². The van der Waals surface area contributed by atoms with Crippen molar-refractivity contribution >= 4 is 39.3 Å². The van der Waals surface area contributed by atoms with Crippen LogP contribution in [0.25, 0.3) is 21.8 Å². The molecular formula is C23H19N5O2. The Morgan fingerprint density at radius 2 is 1.97 bits per heavy atom. The van der Waals surface area contributed by atoms with Gasteiger partial charge >= 0.3 is 0 Å². The number of rotatable bonds is 3. The first-order valence-corrected chi connectivity index (χ1v) is 9.68. The maximum Gasteiger partial charge on any atom is 0.253 e. The molecule has 1 atom stereocenters. The molecule has 0 radical (unpaired) electrons. The summed E-state index contributed by atoms with van der Waals surface area (Å²) in [5, 5.41) is 14.6. The molecule has 3 heterocycles. The Morgan fingerprint density at radius 1 is 1.10 bits per heavy atom. The number of carbonyl (C=O) groups is 2. The van der Waals surface area contributed by atoms with E-state index in [1.807, 2.05) is 48.5 Å². The van der Waals surface area contributed by atoms with Crippen LogP contribution < -0.4 is 10.6 Å². The molecule has 30 heavy (non-hydrogen) atoms. The number of aromatic nitrogens is 3. The second-order valence-electron chi connectivity index (χ2n) is 7.43. The first kappa shape index (κ1) is 18.1. The van der Waals surface area contributed by atoms with Crippen LogP contribution in [-0.4, -0.2) is 27.0 Å². The minimum atomic E-state index is -0.367. The number of allylic oxidation sites excluding steroid dienone is 1. The van der Waals surface area contributed by atoms with Crippen LogP contribution in [0.2, 0.25) is 0 Å². The Morgan fingerprint density at radius 3 is 2.87 bits per heavy atom. The van der Waals surface area contributed by atoms with E-state index in [0.29, 0.717) is 17.0 Å². The Hall–Kier alpha value is -4.00. The van der Waals surface area contributed by atoms with Crippen LogP contribution in [0.4, 0.5) is 5.69 Å². The molecule has 0 aliphatic carbocycles. The molecule has 7 heteroatoms. The lowest BCUT2D eigenvalue weighted by molar-refractivity contribution is -0.121. The van der Waals surface area contributed by atoms with Crippen molar-refractivity contribution in [2.75, 3.05) is 5.32 Å². The van der Waals surface area contributed by atoms with Crippen LogP contribution >= 0.6 is 0 Å². The van der Waals surface area contributed by atoms with Crippen LogP contribution in [-0.2, 0) is 9.59 Å². The summed E-state index contributed by atoms with van der Waals surface area (Å²) in [5.41, 5.74) is 4.39. The molecule has 0 bridgehead atoms. The van der Waals surface area contributed by atoms with E-state index in [0.717, 1.165) is 27.4 Å². The number of pyridine rings is 1. The fourth-order valence-electron chi connectivity index (χ4n) is 3.99. The van der Waals surface area contributed by atoms with Gasteiger partial charge in [0.15, 0.2) is 0 Å². The van der Waals surface area contributed by atoms with Crippen LogP contribution in [0.1, 0.15) is 24.8 Å². The van der Waals surface area contributed by atoms with Gasteiger partial charge in [-0.1, -0.05) is 18.2 Å². The van der Waals surface area contributed by atoms with E-state index >= 15 is 0 Å². The minimum Gasteiger partial charge on any atom is -0.330 e. The van der Waals surface area contributed by atoms with Crippen LogP contribution in [0.5, 0.6) is 0 Å². The van der Waals surface area contributed by atoms with Crippen molar-refractivity contribution in [3.63, 3.8) is 0 Å². The van der Waals surface area contributed by atoms with Crippen LogP contribution in [0, 0.1) is 0 Å². The molecule has 1 unspecified atom stereocenters. The Labute approximate surface area is 172 Å². The second kappa shape index (κ2) is 7.11. The monoisotopic (exact) mass is 397 g/mol. The van der Waals surface area contributed by atoms with E-state index < -0.39 is 0 Å². The molecule has 1 aliphatic heterocycles. The maximum absolute atomic E-state index is 13.2. The van der Waals surface area contributed by atoms with Gasteiger partial charge in [0.1, 0.15) is 0 Å². The molecule has 5 rings (SSSR count). The summed E-state index contributed by atoms with van der Waals surface area (Å²) >= 11 is 0. The molecule has 7 nitrogen and oxygen atoms in total. The molecule has 1 aliphatic rings. The SMILES string of the molecule is CC1=C(C(=O)Nc2ccc3[nH]ncc3c2)C(c2cnc3ccccc3c2)CC(=O)N1. The number of anilines is 1. The average molecular weight is 397 g/mol. The lowest BCUT2D eigenvalue weighted by Crippen LogP contribution is -2.35. The summed E-state index contributed by atoms with van der Waals surface area (Å²) in [5.74, 6) is -0.718. The van der Waals surface area contributed by atoms with E-state index in [-0.39, 0.29) is 24.2 Å². The largest absolute Gasteiger partial charge is 0.330 e. The number of para-hydroxylation sites is 1. The fraction of sp³-hybridized carbons (Fsp3) is 0.130. The van der Waals surface area contributed by atoms with Gasteiger partial charge in [0.2, 0.25) is 5.91 Å². The molecule has 0 saturated carbocycles. The molecule has 148 valence electrons. The highest BCUT2D eigenvalue weighted by molar-refractivity contribution is 6.07. The molecule has 0 fully saturated rings. The highest BCUT2D eigenvalue weighted by Crippen LogP contribution is 2.34. The van der Waals surface area contributed by atoms with Gasteiger partial charge in [0, 0.05) is 46.3 Å². The quantitative estimate of drug-likeness (QED) is 0.491. The van der Waals surface area contributed by atoms with Gasteiger partial charge in [-0.2, -0.15) is 5.10 Å². The van der Waals surface area contributed by atoms with Crippen molar-refractivity contribution in [2.24, 2.45) is 0 Å². The van der Waals surface area contributed by atoms with Gasteiger partial charge in [0.25, 0.3) is 5.91 Å². The smallest absolute Gasteiger partial charge is 0.253 e. The first-order valence-electron chi connectivity index (χ1n) is 9.68. The molecule has 2 aromatic heterocycles. The highest BCUT2D eigenvalue weighted by atomic mass is 16.2.